The molecule has 3 aromatic rings. The molecule has 0 bridgehead atoms. The van der Waals surface area contributed by atoms with Crippen LogP contribution in [0.2, 0.25) is 0 Å². The van der Waals surface area contributed by atoms with Crippen molar-refractivity contribution in [1.82, 2.24) is 5.32 Å². The van der Waals surface area contributed by atoms with Gasteiger partial charge < -0.3 is 20.5 Å². The van der Waals surface area contributed by atoms with Gasteiger partial charge in [-0.3, -0.25) is 0 Å². The highest BCUT2D eigenvalue weighted by Gasteiger charge is 2.00. The van der Waals surface area contributed by atoms with Crippen LogP contribution in [0.25, 0.3) is 6.08 Å². The van der Waals surface area contributed by atoms with E-state index in [0.29, 0.717) is 12.2 Å². The third-order valence-electron chi connectivity index (χ3n) is 3.88. The van der Waals surface area contributed by atoms with Gasteiger partial charge in [-0.05, 0) is 47.5 Å². The molecule has 0 atom stereocenters. The third-order valence-corrected chi connectivity index (χ3v) is 3.88. The first-order valence-electron chi connectivity index (χ1n) is 8.93. The normalized spacial score (nSPS) is 10.6. The summed E-state index contributed by atoms with van der Waals surface area (Å²) in [6.07, 6.45) is 3.34. The largest absolute Gasteiger partial charge is 0.457 e. The number of nitrogen functional groups attached to an aromatic ring is 1. The van der Waals surface area contributed by atoms with Crippen LogP contribution in [0.1, 0.15) is 11.1 Å². The van der Waals surface area contributed by atoms with Gasteiger partial charge in [-0.1, -0.05) is 54.6 Å². The Morgan fingerprint density at radius 3 is 2.21 bits per heavy atom. The smallest absolute Gasteiger partial charge is 0.407 e. The SMILES string of the molecule is Nc1ccc(Oc2ccc(C=CCNC(=O)OCc3ccccc3)cc2)cc1. The zero-order valence-corrected chi connectivity index (χ0v) is 15.4. The highest BCUT2D eigenvalue weighted by molar-refractivity contribution is 5.67. The number of ether oxygens (including phenoxy) is 2. The second-order valence-corrected chi connectivity index (χ2v) is 6.09. The van der Waals surface area contributed by atoms with E-state index in [2.05, 4.69) is 5.32 Å². The molecule has 0 fully saturated rings. The average Bonchev–Trinajstić information content (AvgIpc) is 2.73. The monoisotopic (exact) mass is 374 g/mol. The van der Waals surface area contributed by atoms with Gasteiger partial charge in [0.05, 0.1) is 0 Å². The molecule has 5 heteroatoms. The summed E-state index contributed by atoms with van der Waals surface area (Å²) in [5, 5.41) is 2.69. The molecular formula is C23H22N2O3. The molecule has 0 saturated heterocycles. The molecule has 142 valence electrons. The maximum atomic E-state index is 11.7. The van der Waals surface area contributed by atoms with Crippen molar-refractivity contribution in [3.8, 4) is 11.5 Å². The van der Waals surface area contributed by atoms with Crippen LogP contribution in [0.15, 0.2) is 84.9 Å². The molecule has 0 unspecified atom stereocenters. The Labute approximate surface area is 164 Å². The molecule has 3 rings (SSSR count). The molecule has 0 saturated carbocycles. The van der Waals surface area contributed by atoms with Gasteiger partial charge in [-0.2, -0.15) is 0 Å². The number of hydrogen-bond donors (Lipinski definition) is 2. The standard InChI is InChI=1S/C23H22N2O3/c24-20-10-14-22(15-11-20)28-21-12-8-18(9-13-21)7-4-16-25-23(26)27-17-19-5-2-1-3-6-19/h1-15H,16-17,24H2,(H,25,26). The number of anilines is 1. The van der Waals surface area contributed by atoms with E-state index in [4.69, 9.17) is 15.2 Å². The van der Waals surface area contributed by atoms with Crippen molar-refractivity contribution in [2.45, 2.75) is 6.61 Å². The maximum absolute atomic E-state index is 11.7. The summed E-state index contributed by atoms with van der Waals surface area (Å²) >= 11 is 0. The first-order valence-corrected chi connectivity index (χ1v) is 8.93. The zero-order valence-electron chi connectivity index (χ0n) is 15.4. The van der Waals surface area contributed by atoms with E-state index in [1.54, 1.807) is 12.1 Å². The minimum atomic E-state index is -0.444. The van der Waals surface area contributed by atoms with Gasteiger partial charge in [-0.15, -0.1) is 0 Å². The molecule has 0 aliphatic heterocycles. The lowest BCUT2D eigenvalue weighted by atomic mass is 10.2. The third kappa shape index (κ3) is 6.21. The van der Waals surface area contributed by atoms with Gasteiger partial charge in [-0.25, -0.2) is 4.79 Å². The van der Waals surface area contributed by atoms with Gasteiger partial charge in [0, 0.05) is 12.2 Å². The Hall–Kier alpha value is -3.73. The van der Waals surface area contributed by atoms with Crippen molar-refractivity contribution >= 4 is 17.9 Å². The molecule has 0 spiro atoms. The van der Waals surface area contributed by atoms with Crippen molar-refractivity contribution in [1.29, 1.82) is 0 Å². The highest BCUT2D eigenvalue weighted by Crippen LogP contribution is 2.22. The van der Waals surface area contributed by atoms with E-state index in [1.165, 1.54) is 0 Å². The summed E-state index contributed by atoms with van der Waals surface area (Å²) in [6, 6.07) is 24.5. The summed E-state index contributed by atoms with van der Waals surface area (Å²) < 4.78 is 10.9. The number of alkyl carbamates (subject to hydrolysis) is 1. The Morgan fingerprint density at radius 2 is 1.54 bits per heavy atom. The van der Waals surface area contributed by atoms with Crippen LogP contribution >= 0.6 is 0 Å². The molecule has 3 aromatic carbocycles. The van der Waals surface area contributed by atoms with Crippen LogP contribution in [0.4, 0.5) is 10.5 Å². The Bertz CT molecular complexity index is 905. The Balaban J connectivity index is 1.40. The zero-order chi connectivity index (χ0) is 19.6. The lowest BCUT2D eigenvalue weighted by Gasteiger charge is -2.06. The van der Waals surface area contributed by atoms with E-state index in [-0.39, 0.29) is 6.61 Å². The molecule has 0 heterocycles. The summed E-state index contributed by atoms with van der Waals surface area (Å²) in [5.41, 5.74) is 8.32. The summed E-state index contributed by atoms with van der Waals surface area (Å²) in [4.78, 5) is 11.7. The van der Waals surface area contributed by atoms with Gasteiger partial charge in [0.2, 0.25) is 0 Å². The lowest BCUT2D eigenvalue weighted by molar-refractivity contribution is 0.141. The fourth-order valence-corrected chi connectivity index (χ4v) is 2.43. The number of hydrogen-bond acceptors (Lipinski definition) is 4. The van der Waals surface area contributed by atoms with Gasteiger partial charge in [0.25, 0.3) is 0 Å². The van der Waals surface area contributed by atoms with Gasteiger partial charge in [0.1, 0.15) is 18.1 Å². The average molecular weight is 374 g/mol. The number of amides is 1. The second kappa shape index (κ2) is 9.83. The minimum absolute atomic E-state index is 0.256. The van der Waals surface area contributed by atoms with Crippen molar-refractivity contribution in [2.75, 3.05) is 12.3 Å². The molecule has 5 nitrogen and oxygen atoms in total. The fraction of sp³-hybridized carbons (Fsp3) is 0.0870. The number of benzene rings is 3. The summed E-state index contributed by atoms with van der Waals surface area (Å²) in [7, 11) is 0. The molecular weight excluding hydrogens is 352 g/mol. The lowest BCUT2D eigenvalue weighted by Crippen LogP contribution is -2.24. The Morgan fingerprint density at radius 1 is 0.893 bits per heavy atom. The van der Waals surface area contributed by atoms with Crippen LogP contribution < -0.4 is 15.8 Å². The van der Waals surface area contributed by atoms with Crippen molar-refractivity contribution in [3.63, 3.8) is 0 Å². The first-order chi connectivity index (χ1) is 13.7. The second-order valence-electron chi connectivity index (χ2n) is 6.09. The van der Waals surface area contributed by atoms with E-state index >= 15 is 0 Å². The quantitative estimate of drug-likeness (QED) is 0.571. The van der Waals surface area contributed by atoms with Gasteiger partial charge >= 0.3 is 6.09 Å². The van der Waals surface area contributed by atoms with Crippen LogP contribution in [-0.4, -0.2) is 12.6 Å². The van der Waals surface area contributed by atoms with Crippen LogP contribution in [0.3, 0.4) is 0 Å². The van der Waals surface area contributed by atoms with Crippen LogP contribution in [0, 0.1) is 0 Å². The van der Waals surface area contributed by atoms with Crippen LogP contribution in [-0.2, 0) is 11.3 Å². The molecule has 0 radical (unpaired) electrons. The Kier molecular flexibility index (Phi) is 6.68. The molecule has 1 amide bonds. The molecule has 3 N–H and O–H groups in total. The predicted molar refractivity (Wildman–Crippen MR) is 111 cm³/mol. The number of rotatable bonds is 7. The first kappa shape index (κ1) is 19.0. The topological polar surface area (TPSA) is 73.6 Å². The maximum Gasteiger partial charge on any atom is 0.407 e. The number of nitrogens with two attached hydrogens (primary N) is 1. The predicted octanol–water partition coefficient (Wildman–Crippen LogP) is 5.00. The van der Waals surface area contributed by atoms with E-state index in [9.17, 15) is 4.79 Å². The molecule has 0 aliphatic carbocycles. The number of carbonyl (C=O) groups is 1. The molecule has 28 heavy (non-hydrogen) atoms. The van der Waals surface area contributed by atoms with Crippen molar-refractivity contribution < 1.29 is 14.3 Å². The highest BCUT2D eigenvalue weighted by atomic mass is 16.5. The summed E-state index contributed by atoms with van der Waals surface area (Å²) in [6.45, 7) is 0.642. The van der Waals surface area contributed by atoms with E-state index in [0.717, 1.165) is 22.6 Å². The van der Waals surface area contributed by atoms with Crippen LogP contribution in [0.5, 0.6) is 11.5 Å². The number of nitrogens with one attached hydrogen (secondary N) is 1. The van der Waals surface area contributed by atoms with Crippen molar-refractivity contribution in [2.24, 2.45) is 0 Å². The van der Waals surface area contributed by atoms with E-state index in [1.807, 2.05) is 78.9 Å². The molecule has 0 aliphatic rings. The van der Waals surface area contributed by atoms with E-state index < -0.39 is 6.09 Å². The van der Waals surface area contributed by atoms with Gasteiger partial charge in [0.15, 0.2) is 0 Å². The minimum Gasteiger partial charge on any atom is -0.457 e. The summed E-state index contributed by atoms with van der Waals surface area (Å²) in [5.74, 6) is 1.47. The van der Waals surface area contributed by atoms with Crippen molar-refractivity contribution in [3.05, 3.63) is 96.1 Å². The fourth-order valence-electron chi connectivity index (χ4n) is 2.43. The molecule has 0 aromatic heterocycles. The number of carbonyl (C=O) groups excluding carboxylic acids is 1.